The summed E-state index contributed by atoms with van der Waals surface area (Å²) in [7, 11) is 0. The van der Waals surface area contributed by atoms with Crippen LogP contribution < -0.4 is 9.64 Å². The predicted molar refractivity (Wildman–Crippen MR) is 175 cm³/mol. The number of aliphatic imine (C=N–C) groups is 1. The number of carbonyl (C=O) groups is 1. The number of halogens is 1. The number of nitrogens with zero attached hydrogens (tertiary/aromatic N) is 6. The van der Waals surface area contributed by atoms with Gasteiger partial charge in [0.25, 0.3) is 0 Å². The van der Waals surface area contributed by atoms with Crippen molar-refractivity contribution in [3.05, 3.63) is 21.8 Å². The predicted octanol–water partition coefficient (Wildman–Crippen LogP) is 6.46. The van der Waals surface area contributed by atoms with Gasteiger partial charge in [0.1, 0.15) is 18.0 Å². The molecule has 9 nitrogen and oxygen atoms in total. The Labute approximate surface area is 264 Å². The largest absolute Gasteiger partial charge is 0.461 e. The topological polar surface area (TPSA) is 83.4 Å². The van der Waals surface area contributed by atoms with Crippen molar-refractivity contribution in [3.63, 3.8) is 0 Å². The number of aromatic nitrogens is 2. The first-order chi connectivity index (χ1) is 20.5. The van der Waals surface area contributed by atoms with Gasteiger partial charge in [0.2, 0.25) is 0 Å². The Morgan fingerprint density at radius 2 is 1.86 bits per heavy atom. The average Bonchev–Trinajstić information content (AvgIpc) is 3.61. The number of amides is 1. The summed E-state index contributed by atoms with van der Waals surface area (Å²) in [5.74, 6) is 0.870. The highest BCUT2D eigenvalue weighted by Crippen LogP contribution is 2.43. The molecule has 0 radical (unpaired) electrons. The van der Waals surface area contributed by atoms with Crippen LogP contribution >= 0.6 is 15.9 Å². The van der Waals surface area contributed by atoms with Crippen LogP contribution in [0.3, 0.4) is 0 Å². The molecule has 3 unspecified atom stereocenters. The fraction of sp³-hybridized carbons (Fsp3) is 0.697. The van der Waals surface area contributed by atoms with Gasteiger partial charge in [0.05, 0.1) is 34.6 Å². The maximum atomic E-state index is 13.2. The van der Waals surface area contributed by atoms with Gasteiger partial charge in [-0.2, -0.15) is 9.97 Å². The zero-order chi connectivity index (χ0) is 30.5. The molecule has 3 atom stereocenters. The molecule has 0 saturated carbocycles. The van der Waals surface area contributed by atoms with Crippen LogP contribution in [0.1, 0.15) is 97.7 Å². The Morgan fingerprint density at radius 3 is 2.47 bits per heavy atom. The van der Waals surface area contributed by atoms with Gasteiger partial charge in [0.15, 0.2) is 0 Å². The molecule has 0 spiro atoms. The third-order valence-corrected chi connectivity index (χ3v) is 10.4. The third kappa shape index (κ3) is 5.86. The average molecular weight is 656 g/mol. The highest BCUT2D eigenvalue weighted by molar-refractivity contribution is 9.12. The molecule has 1 amide bonds. The molecule has 1 aromatic heterocycles. The van der Waals surface area contributed by atoms with E-state index in [1.165, 1.54) is 25.7 Å². The first kappa shape index (κ1) is 30.6. The fourth-order valence-corrected chi connectivity index (χ4v) is 8.14. The molecule has 4 fully saturated rings. The molecule has 5 heterocycles. The van der Waals surface area contributed by atoms with Crippen molar-refractivity contribution in [1.82, 2.24) is 19.8 Å². The number of hydrogen-bond acceptors (Lipinski definition) is 8. The van der Waals surface area contributed by atoms with E-state index in [2.05, 4.69) is 58.7 Å². The van der Waals surface area contributed by atoms with E-state index >= 15 is 0 Å². The van der Waals surface area contributed by atoms with E-state index < -0.39 is 5.60 Å². The van der Waals surface area contributed by atoms with Crippen LogP contribution in [0.4, 0.5) is 10.6 Å². The van der Waals surface area contributed by atoms with E-state index in [0.29, 0.717) is 25.7 Å². The second-order valence-electron chi connectivity index (χ2n) is 13.9. The Balaban J connectivity index is 1.37. The molecule has 43 heavy (non-hydrogen) atoms. The molecule has 0 aromatic carbocycles. The van der Waals surface area contributed by atoms with Gasteiger partial charge in [-0.1, -0.05) is 13.0 Å². The number of hydrogen-bond donors (Lipinski definition) is 0. The van der Waals surface area contributed by atoms with Gasteiger partial charge in [-0.15, -0.1) is 0 Å². The molecule has 1 aromatic rings. The van der Waals surface area contributed by atoms with Crippen molar-refractivity contribution >= 4 is 45.2 Å². The number of carbonyl (C=O) groups excluding carboxylic acids is 1. The van der Waals surface area contributed by atoms with Crippen LogP contribution in [0, 0.1) is 0 Å². The number of piperazine rings is 1. The Bertz CT molecular complexity index is 1330. The van der Waals surface area contributed by atoms with Crippen molar-refractivity contribution < 1.29 is 14.3 Å². The molecule has 0 N–H and O–H groups in total. The van der Waals surface area contributed by atoms with Crippen molar-refractivity contribution in [2.75, 3.05) is 37.7 Å². The number of allylic oxidation sites excluding steroid dienone is 3. The molecule has 6 rings (SSSR count). The SMILES string of the molecule is C/C=C1\C(=NC(C)CC)C(Br)=Cc2nc(OCC34CCCN3CCC4)nc(N3CC4CCC(C3)N4C(=O)OC(C)(C)C)c21. The maximum Gasteiger partial charge on any atom is 0.410 e. The number of rotatable bonds is 6. The van der Waals surface area contributed by atoms with Crippen molar-refractivity contribution in [3.8, 4) is 6.01 Å². The molecule has 5 aliphatic rings. The first-order valence-electron chi connectivity index (χ1n) is 16.2. The standard InChI is InChI=1S/C33H47BrN6O3/c1-7-21(3)35-28-24(8-2)27-26(17-25(28)34)36-30(42-20-33-13-9-15-39(33)16-10-14-33)37-29(27)38-18-22-11-12-23(19-38)40(22)31(41)43-32(4,5)6/h8,17,21-23H,7,9-16,18-20H2,1-6H3/b24-8-,35-28?. The van der Waals surface area contributed by atoms with Gasteiger partial charge in [-0.3, -0.25) is 14.8 Å². The molecular weight excluding hydrogens is 608 g/mol. The molecular formula is C33H47BrN6O3. The second kappa shape index (κ2) is 11.8. The monoisotopic (exact) mass is 654 g/mol. The lowest BCUT2D eigenvalue weighted by Gasteiger charge is -2.42. The normalized spacial score (nSPS) is 27.4. The Kier molecular flexibility index (Phi) is 8.39. The molecule has 10 heteroatoms. The van der Waals surface area contributed by atoms with E-state index in [1.54, 1.807) is 0 Å². The van der Waals surface area contributed by atoms with Gasteiger partial charge in [0, 0.05) is 29.2 Å². The Morgan fingerprint density at radius 1 is 1.19 bits per heavy atom. The molecule has 1 aliphatic carbocycles. The summed E-state index contributed by atoms with van der Waals surface area (Å²) in [5, 5.41) is 0. The summed E-state index contributed by atoms with van der Waals surface area (Å²) in [4.78, 5) is 35.4. The fourth-order valence-electron chi connectivity index (χ4n) is 7.61. The van der Waals surface area contributed by atoms with Crippen LogP contribution in [-0.4, -0.2) is 93.6 Å². The van der Waals surface area contributed by atoms with Crippen molar-refractivity contribution in [2.45, 2.75) is 116 Å². The smallest absolute Gasteiger partial charge is 0.410 e. The van der Waals surface area contributed by atoms with Gasteiger partial charge < -0.3 is 14.4 Å². The van der Waals surface area contributed by atoms with E-state index in [0.717, 1.165) is 65.2 Å². The number of ether oxygens (including phenoxy) is 2. The minimum atomic E-state index is -0.523. The van der Waals surface area contributed by atoms with Crippen molar-refractivity contribution in [2.24, 2.45) is 4.99 Å². The van der Waals surface area contributed by atoms with Gasteiger partial charge in [-0.25, -0.2) is 4.79 Å². The summed E-state index contributed by atoms with van der Waals surface area (Å²) in [6.07, 6.45) is 11.6. The highest BCUT2D eigenvalue weighted by Gasteiger charge is 2.47. The molecule has 234 valence electrons. The van der Waals surface area contributed by atoms with Crippen LogP contribution in [0.5, 0.6) is 6.01 Å². The third-order valence-electron chi connectivity index (χ3n) is 9.81. The minimum Gasteiger partial charge on any atom is -0.461 e. The molecule has 4 saturated heterocycles. The summed E-state index contributed by atoms with van der Waals surface area (Å²) in [6.45, 7) is 16.5. The Hall–Kier alpha value is -2.46. The van der Waals surface area contributed by atoms with E-state index in [9.17, 15) is 4.79 Å². The summed E-state index contributed by atoms with van der Waals surface area (Å²) in [6, 6.07) is 0.758. The minimum absolute atomic E-state index is 0.0705. The van der Waals surface area contributed by atoms with Crippen molar-refractivity contribution in [1.29, 1.82) is 0 Å². The first-order valence-corrected chi connectivity index (χ1v) is 17.0. The lowest BCUT2D eigenvalue weighted by molar-refractivity contribution is 0.0122. The number of anilines is 1. The van der Waals surface area contributed by atoms with Crippen LogP contribution in [0.15, 0.2) is 15.6 Å². The van der Waals surface area contributed by atoms with E-state index in [4.69, 9.17) is 24.4 Å². The lowest BCUT2D eigenvalue weighted by Crippen LogP contribution is -2.57. The van der Waals surface area contributed by atoms with Crippen LogP contribution in [-0.2, 0) is 4.74 Å². The van der Waals surface area contributed by atoms with Crippen LogP contribution in [0.2, 0.25) is 0 Å². The second-order valence-corrected chi connectivity index (χ2v) is 14.8. The molecule has 4 aliphatic heterocycles. The highest BCUT2D eigenvalue weighted by atomic mass is 79.9. The number of fused-ring (bicyclic) bond motifs is 4. The maximum absolute atomic E-state index is 13.2. The summed E-state index contributed by atoms with van der Waals surface area (Å²) >= 11 is 3.82. The van der Waals surface area contributed by atoms with Crippen LogP contribution in [0.25, 0.3) is 11.6 Å². The molecule has 2 bridgehead atoms. The van der Waals surface area contributed by atoms with E-state index in [-0.39, 0.29) is 29.8 Å². The zero-order valence-electron chi connectivity index (χ0n) is 26.7. The zero-order valence-corrected chi connectivity index (χ0v) is 28.2. The summed E-state index contributed by atoms with van der Waals surface area (Å²) in [5.41, 5.74) is 3.39. The quantitative estimate of drug-likeness (QED) is 0.348. The van der Waals surface area contributed by atoms with Gasteiger partial charge in [-0.05, 0) is 115 Å². The summed E-state index contributed by atoms with van der Waals surface area (Å²) < 4.78 is 13.3. The lowest BCUT2D eigenvalue weighted by atomic mass is 9.93. The van der Waals surface area contributed by atoms with Gasteiger partial charge >= 0.3 is 12.1 Å². The van der Waals surface area contributed by atoms with E-state index in [1.807, 2.05) is 25.7 Å².